The molecular formula is C23H28FN3OS. The topological polar surface area (TPSA) is 38.1 Å². The van der Waals surface area contributed by atoms with E-state index in [4.69, 9.17) is 4.98 Å². The fourth-order valence-electron chi connectivity index (χ4n) is 3.51. The molecule has 0 saturated heterocycles. The summed E-state index contributed by atoms with van der Waals surface area (Å²) in [6.07, 6.45) is 0. The van der Waals surface area contributed by atoms with E-state index in [-0.39, 0.29) is 11.4 Å². The average molecular weight is 414 g/mol. The molecule has 6 heteroatoms. The van der Waals surface area contributed by atoms with Crippen LogP contribution in [-0.4, -0.2) is 33.1 Å². The number of hydrogen-bond donors (Lipinski definition) is 0. The lowest BCUT2D eigenvalue weighted by atomic mass is 10.2. The lowest BCUT2D eigenvalue weighted by Crippen LogP contribution is -2.40. The van der Waals surface area contributed by atoms with E-state index in [1.807, 2.05) is 24.3 Å². The van der Waals surface area contributed by atoms with Gasteiger partial charge in [-0.1, -0.05) is 36.0 Å². The number of halogens is 1. The van der Waals surface area contributed by atoms with Gasteiger partial charge in [-0.25, -0.2) is 9.37 Å². The van der Waals surface area contributed by atoms with Crippen LogP contribution in [0.5, 0.6) is 0 Å². The van der Waals surface area contributed by atoms with Gasteiger partial charge in [-0.2, -0.15) is 0 Å². The minimum Gasteiger partial charge on any atom is -0.297 e. The highest BCUT2D eigenvalue weighted by Crippen LogP contribution is 2.22. The van der Waals surface area contributed by atoms with Crippen LogP contribution in [0.15, 0.2) is 58.5 Å². The molecule has 1 aromatic heterocycles. The first-order valence-electron chi connectivity index (χ1n) is 9.99. The van der Waals surface area contributed by atoms with Crippen LogP contribution in [-0.2, 0) is 12.3 Å². The highest BCUT2D eigenvalue weighted by molar-refractivity contribution is 7.98. The van der Waals surface area contributed by atoms with Gasteiger partial charge < -0.3 is 0 Å². The zero-order valence-electron chi connectivity index (χ0n) is 17.4. The van der Waals surface area contributed by atoms with E-state index in [1.165, 1.54) is 23.9 Å². The summed E-state index contributed by atoms with van der Waals surface area (Å²) in [6.45, 7) is 10.0. The Bertz CT molecular complexity index is 1010. The minimum absolute atomic E-state index is 0.00957. The van der Waals surface area contributed by atoms with Gasteiger partial charge in [0.15, 0.2) is 5.16 Å². The van der Waals surface area contributed by atoms with Crippen LogP contribution in [0.25, 0.3) is 10.9 Å². The third-order valence-electron chi connectivity index (χ3n) is 5.02. The molecule has 0 aliphatic carbocycles. The molecule has 0 aliphatic rings. The Balaban J connectivity index is 1.92. The van der Waals surface area contributed by atoms with E-state index >= 15 is 0 Å². The van der Waals surface area contributed by atoms with Gasteiger partial charge in [-0.05, 0) is 57.5 Å². The van der Waals surface area contributed by atoms with Crippen molar-refractivity contribution in [3.8, 4) is 0 Å². The lowest BCUT2D eigenvalue weighted by Gasteiger charge is -2.30. The third kappa shape index (κ3) is 5.25. The fraction of sp³-hybridized carbons (Fsp3) is 0.391. The largest absolute Gasteiger partial charge is 0.297 e. The molecule has 0 saturated carbocycles. The van der Waals surface area contributed by atoms with Crippen molar-refractivity contribution in [1.82, 2.24) is 14.5 Å². The smallest absolute Gasteiger partial charge is 0.262 e. The van der Waals surface area contributed by atoms with Gasteiger partial charge in [-0.3, -0.25) is 14.3 Å². The van der Waals surface area contributed by atoms with Crippen molar-refractivity contribution in [2.75, 3.05) is 6.54 Å². The molecular weight excluding hydrogens is 385 g/mol. The summed E-state index contributed by atoms with van der Waals surface area (Å²) in [4.78, 5) is 20.3. The quantitative estimate of drug-likeness (QED) is 0.387. The summed E-state index contributed by atoms with van der Waals surface area (Å²) in [5, 5.41) is 1.34. The summed E-state index contributed by atoms with van der Waals surface area (Å²) in [5.41, 5.74) is 1.70. The van der Waals surface area contributed by atoms with Crippen LogP contribution in [0.1, 0.15) is 33.3 Å². The van der Waals surface area contributed by atoms with Gasteiger partial charge in [0, 0.05) is 30.9 Å². The van der Waals surface area contributed by atoms with E-state index < -0.39 is 0 Å². The number of hydrogen-bond acceptors (Lipinski definition) is 4. The van der Waals surface area contributed by atoms with Crippen molar-refractivity contribution in [3.05, 3.63) is 70.3 Å². The number of para-hydroxylation sites is 1. The molecule has 29 heavy (non-hydrogen) atoms. The van der Waals surface area contributed by atoms with Crippen molar-refractivity contribution >= 4 is 22.7 Å². The van der Waals surface area contributed by atoms with E-state index in [0.717, 1.165) is 12.1 Å². The molecule has 0 radical (unpaired) electrons. The number of rotatable bonds is 8. The van der Waals surface area contributed by atoms with Gasteiger partial charge in [0.25, 0.3) is 5.56 Å². The Morgan fingerprint density at radius 3 is 2.34 bits per heavy atom. The van der Waals surface area contributed by atoms with Gasteiger partial charge in [0.1, 0.15) is 5.82 Å². The summed E-state index contributed by atoms with van der Waals surface area (Å²) < 4.78 is 15.0. The first-order valence-corrected chi connectivity index (χ1v) is 11.0. The first-order chi connectivity index (χ1) is 13.9. The van der Waals surface area contributed by atoms with E-state index in [2.05, 4.69) is 32.6 Å². The highest BCUT2D eigenvalue weighted by atomic mass is 32.2. The van der Waals surface area contributed by atoms with Crippen LogP contribution in [0, 0.1) is 5.82 Å². The summed E-state index contributed by atoms with van der Waals surface area (Å²) in [7, 11) is 0. The number of fused-ring (bicyclic) bond motifs is 1. The van der Waals surface area contributed by atoms with Crippen LogP contribution in [0.3, 0.4) is 0 Å². The molecule has 0 spiro atoms. The van der Waals surface area contributed by atoms with E-state index in [9.17, 15) is 9.18 Å². The molecule has 0 amide bonds. The van der Waals surface area contributed by atoms with Crippen molar-refractivity contribution in [2.24, 2.45) is 0 Å². The molecule has 154 valence electrons. The Kier molecular flexibility index (Phi) is 7.09. The molecule has 0 bridgehead atoms. The molecule has 4 nitrogen and oxygen atoms in total. The van der Waals surface area contributed by atoms with Gasteiger partial charge in [-0.15, -0.1) is 0 Å². The average Bonchev–Trinajstić information content (AvgIpc) is 2.69. The second kappa shape index (κ2) is 9.55. The zero-order chi connectivity index (χ0) is 21.0. The molecule has 1 heterocycles. The third-order valence-corrected chi connectivity index (χ3v) is 6.06. The minimum atomic E-state index is -0.248. The van der Waals surface area contributed by atoms with Crippen LogP contribution < -0.4 is 5.56 Å². The van der Waals surface area contributed by atoms with Gasteiger partial charge in [0.05, 0.1) is 10.9 Å². The monoisotopic (exact) mass is 413 g/mol. The first kappa shape index (κ1) is 21.5. The number of benzene rings is 2. The predicted molar refractivity (Wildman–Crippen MR) is 119 cm³/mol. The number of thioether (sulfide) groups is 1. The van der Waals surface area contributed by atoms with Crippen LogP contribution >= 0.6 is 11.8 Å². The van der Waals surface area contributed by atoms with Gasteiger partial charge >= 0.3 is 0 Å². The molecule has 0 N–H and O–H groups in total. The second-order valence-electron chi connectivity index (χ2n) is 7.71. The predicted octanol–water partition coefficient (Wildman–Crippen LogP) is 4.95. The standard InChI is InChI=1S/C23H28FN3OS/c1-16(2)26(17(3)4)13-14-27-22(28)20-7-5-6-8-21(20)25-23(27)29-15-18-9-11-19(24)12-10-18/h5-12,16-17H,13-15H2,1-4H3. The highest BCUT2D eigenvalue weighted by Gasteiger charge is 2.16. The van der Waals surface area contributed by atoms with Crippen LogP contribution in [0.4, 0.5) is 4.39 Å². The SMILES string of the molecule is CC(C)N(CCn1c(SCc2ccc(F)cc2)nc2ccccc2c1=O)C(C)C. The number of nitrogens with zero attached hydrogens (tertiary/aromatic N) is 3. The van der Waals surface area contributed by atoms with Crippen LogP contribution in [0.2, 0.25) is 0 Å². The molecule has 0 aliphatic heterocycles. The van der Waals surface area contributed by atoms with E-state index in [0.29, 0.717) is 40.4 Å². The Hall–Kier alpha value is -2.18. The molecule has 2 aromatic carbocycles. The maximum Gasteiger partial charge on any atom is 0.262 e. The summed E-state index contributed by atoms with van der Waals surface area (Å²) in [5.74, 6) is 0.380. The lowest BCUT2D eigenvalue weighted by molar-refractivity contribution is 0.166. The molecule has 0 unspecified atom stereocenters. The second-order valence-corrected chi connectivity index (χ2v) is 8.65. The molecule has 0 atom stereocenters. The maximum atomic E-state index is 13.2. The Labute approximate surface area is 175 Å². The van der Waals surface area contributed by atoms with Crippen molar-refractivity contribution in [3.63, 3.8) is 0 Å². The molecule has 3 aromatic rings. The fourth-order valence-corrected chi connectivity index (χ4v) is 4.49. The Morgan fingerprint density at radius 1 is 1.03 bits per heavy atom. The van der Waals surface area contributed by atoms with Crippen molar-refractivity contribution < 1.29 is 4.39 Å². The maximum absolute atomic E-state index is 13.2. The number of aromatic nitrogens is 2. The van der Waals surface area contributed by atoms with Crippen molar-refractivity contribution in [2.45, 2.75) is 57.2 Å². The van der Waals surface area contributed by atoms with E-state index in [1.54, 1.807) is 16.7 Å². The zero-order valence-corrected chi connectivity index (χ0v) is 18.2. The molecule has 0 fully saturated rings. The normalized spacial score (nSPS) is 11.9. The molecule has 3 rings (SSSR count). The van der Waals surface area contributed by atoms with Gasteiger partial charge in [0.2, 0.25) is 0 Å². The Morgan fingerprint density at radius 2 is 1.69 bits per heavy atom. The summed E-state index contributed by atoms with van der Waals surface area (Å²) in [6, 6.07) is 14.7. The summed E-state index contributed by atoms with van der Waals surface area (Å²) >= 11 is 1.51. The van der Waals surface area contributed by atoms with Crippen molar-refractivity contribution in [1.29, 1.82) is 0 Å².